The summed E-state index contributed by atoms with van der Waals surface area (Å²) in [6.45, 7) is -6.46. The first kappa shape index (κ1) is 1.64. The molecule has 0 saturated carbocycles. The second kappa shape index (κ2) is 2.52. The molecule has 0 fully saturated rings. The molecule has 0 aliphatic heterocycles. The van der Waals surface area contributed by atoms with Gasteiger partial charge in [0.2, 0.25) is 0 Å². The molecular formula is C6H9BrN2. The molecule has 0 aromatic carbocycles. The molecule has 0 unspecified atom stereocenters. The van der Waals surface area contributed by atoms with Crippen molar-refractivity contribution < 1.29 is 12.3 Å². The highest BCUT2D eigenvalue weighted by molar-refractivity contribution is 9.10. The molecule has 0 spiro atoms. The van der Waals surface area contributed by atoms with Crippen LogP contribution in [0.2, 0.25) is 0 Å². The van der Waals surface area contributed by atoms with Gasteiger partial charge in [0.1, 0.15) is 0 Å². The normalized spacial score (nSPS) is 29.2. The van der Waals surface area contributed by atoms with Crippen molar-refractivity contribution in [2.24, 2.45) is 0 Å². The van der Waals surface area contributed by atoms with E-state index in [1.165, 1.54) is 0 Å². The van der Waals surface area contributed by atoms with Crippen molar-refractivity contribution in [2.45, 2.75) is 19.7 Å². The van der Waals surface area contributed by atoms with Crippen LogP contribution < -0.4 is 0 Å². The van der Waals surface area contributed by atoms with Gasteiger partial charge in [0.25, 0.3) is 0 Å². The smallest absolute Gasteiger partial charge is 0.0872 e. The van der Waals surface area contributed by atoms with Crippen molar-refractivity contribution in [3.05, 3.63) is 16.8 Å². The lowest BCUT2D eigenvalue weighted by Crippen LogP contribution is -1.99. The SMILES string of the molecule is [2H]c1nn(C([2H])(C([2H])([2H])[2H])C([2H])([2H])[2H])c([2H])c1Br. The average molecular weight is 198 g/mol. The minimum absolute atomic E-state index is 0.160. The molecule has 0 amide bonds. The molecule has 0 radical (unpaired) electrons. The summed E-state index contributed by atoms with van der Waals surface area (Å²) in [7, 11) is 0. The summed E-state index contributed by atoms with van der Waals surface area (Å²) in [6, 6.07) is -3.11. The number of hydrogen-bond donors (Lipinski definition) is 0. The maximum Gasteiger partial charge on any atom is 0.0872 e. The summed E-state index contributed by atoms with van der Waals surface area (Å²) in [5, 5.41) is 3.36. The first-order chi connectivity index (χ1) is 7.84. The third kappa shape index (κ3) is 1.55. The third-order valence-electron chi connectivity index (χ3n) is 0.664. The van der Waals surface area contributed by atoms with E-state index in [9.17, 15) is 0 Å². The fourth-order valence-electron chi connectivity index (χ4n) is 0.343. The van der Waals surface area contributed by atoms with Crippen LogP contribution in [0.1, 0.15) is 32.1 Å². The van der Waals surface area contributed by atoms with Crippen molar-refractivity contribution >= 4 is 15.9 Å². The predicted octanol–water partition coefficient (Wildman–Crippen LogP) is 2.23. The highest BCUT2D eigenvalue weighted by atomic mass is 79.9. The molecule has 1 rings (SSSR count). The zero-order valence-electron chi connectivity index (χ0n) is 13.3. The van der Waals surface area contributed by atoms with Crippen LogP contribution in [-0.4, -0.2) is 9.78 Å². The molecule has 1 heterocycles. The number of halogens is 1. The van der Waals surface area contributed by atoms with Gasteiger partial charge in [-0.15, -0.1) is 0 Å². The van der Waals surface area contributed by atoms with Crippen LogP contribution >= 0.6 is 15.9 Å². The molecule has 0 bridgehead atoms. The Morgan fingerprint density at radius 3 is 3.33 bits per heavy atom. The molecule has 0 aliphatic rings. The summed E-state index contributed by atoms with van der Waals surface area (Å²) in [5.41, 5.74) is 0. The maximum absolute atomic E-state index is 7.77. The van der Waals surface area contributed by atoms with Crippen molar-refractivity contribution in [3.63, 3.8) is 0 Å². The van der Waals surface area contributed by atoms with E-state index in [0.29, 0.717) is 0 Å². The van der Waals surface area contributed by atoms with Gasteiger partial charge in [-0.25, -0.2) is 0 Å². The molecule has 1 aromatic rings. The van der Waals surface area contributed by atoms with Crippen LogP contribution in [0.3, 0.4) is 0 Å². The molecule has 9 heavy (non-hydrogen) atoms. The van der Waals surface area contributed by atoms with E-state index in [-0.39, 0.29) is 9.15 Å². The van der Waals surface area contributed by atoms with Crippen LogP contribution in [0.25, 0.3) is 0 Å². The largest absolute Gasteiger partial charge is 0.269 e. The molecule has 0 saturated heterocycles. The topological polar surface area (TPSA) is 17.8 Å². The van der Waals surface area contributed by atoms with E-state index in [1.54, 1.807) is 0 Å². The van der Waals surface area contributed by atoms with E-state index >= 15 is 0 Å². The number of hydrogen-bond acceptors (Lipinski definition) is 1. The lowest BCUT2D eigenvalue weighted by Gasteiger charge is -2.01. The third-order valence-corrected chi connectivity index (χ3v) is 1.02. The Bertz CT molecular complexity index is 445. The predicted molar refractivity (Wildman–Crippen MR) is 40.3 cm³/mol. The van der Waals surface area contributed by atoms with Gasteiger partial charge >= 0.3 is 0 Å². The lowest BCUT2D eigenvalue weighted by atomic mass is 10.4. The quantitative estimate of drug-likeness (QED) is 0.676. The fraction of sp³-hybridized carbons (Fsp3) is 0.500. The second-order valence-electron chi connectivity index (χ2n) is 1.30. The van der Waals surface area contributed by atoms with Crippen molar-refractivity contribution in [1.82, 2.24) is 9.78 Å². The van der Waals surface area contributed by atoms with E-state index in [0.717, 1.165) is 0 Å². The van der Waals surface area contributed by atoms with E-state index in [2.05, 4.69) is 21.0 Å². The second-order valence-corrected chi connectivity index (χ2v) is 2.09. The molecular weight excluding hydrogens is 180 g/mol. The Hall–Kier alpha value is -0.310. The average Bonchev–Trinajstić information content (AvgIpc) is 2.41. The van der Waals surface area contributed by atoms with E-state index in [4.69, 9.17) is 12.3 Å². The highest BCUT2D eigenvalue weighted by Crippen LogP contribution is 2.09. The molecule has 3 heteroatoms. The van der Waals surface area contributed by atoms with E-state index < -0.39 is 32.1 Å². The van der Waals surface area contributed by atoms with Crippen LogP contribution in [0.15, 0.2) is 16.8 Å². The summed E-state index contributed by atoms with van der Waals surface area (Å²) in [6.07, 6.45) is -1.13. The van der Waals surface area contributed by atoms with Crippen LogP contribution in [0.4, 0.5) is 0 Å². The zero-order chi connectivity index (χ0) is 14.5. The minimum Gasteiger partial charge on any atom is -0.269 e. The van der Waals surface area contributed by atoms with Gasteiger partial charge in [-0.2, -0.15) is 5.10 Å². The molecule has 2 nitrogen and oxygen atoms in total. The van der Waals surface area contributed by atoms with Crippen LogP contribution in [0, 0.1) is 0 Å². The highest BCUT2D eigenvalue weighted by Gasteiger charge is 1.96. The summed E-state index contributed by atoms with van der Waals surface area (Å²) in [4.78, 5) is 0. The van der Waals surface area contributed by atoms with Crippen LogP contribution in [-0.2, 0) is 0 Å². The summed E-state index contributed by atoms with van der Waals surface area (Å²) < 4.78 is 66.0. The molecule has 50 valence electrons. The van der Waals surface area contributed by atoms with Gasteiger partial charge in [0.05, 0.1) is 14.8 Å². The van der Waals surface area contributed by atoms with Gasteiger partial charge in [0, 0.05) is 20.4 Å². The number of nitrogens with zero attached hydrogens (tertiary/aromatic N) is 2. The van der Waals surface area contributed by atoms with Gasteiger partial charge in [-0.05, 0) is 29.6 Å². The standard InChI is InChI=1S/C6H9BrN2/c1-5(2)9-4-6(7)3-8-9/h3-5H,1-2H3/i1D3,2D3,3D,4D,5D. The van der Waals surface area contributed by atoms with Gasteiger partial charge in [-0.1, -0.05) is 0 Å². The summed E-state index contributed by atoms with van der Waals surface area (Å²) >= 11 is 2.82. The Balaban J connectivity index is 3.61. The minimum atomic E-state index is -3.23. The zero-order valence-corrected chi connectivity index (χ0v) is 5.86. The van der Waals surface area contributed by atoms with Gasteiger partial charge < -0.3 is 0 Å². The van der Waals surface area contributed by atoms with Crippen LogP contribution in [0.5, 0.6) is 0 Å². The molecule has 1 aromatic heterocycles. The molecule has 0 N–H and O–H groups in total. The number of aromatic nitrogens is 2. The van der Waals surface area contributed by atoms with Gasteiger partial charge in [-0.3, -0.25) is 4.68 Å². The Morgan fingerprint density at radius 2 is 2.89 bits per heavy atom. The van der Waals surface area contributed by atoms with Crippen molar-refractivity contribution in [3.8, 4) is 0 Å². The van der Waals surface area contributed by atoms with Crippen molar-refractivity contribution in [1.29, 1.82) is 0 Å². The Labute approximate surface area is 75.6 Å². The maximum atomic E-state index is 7.77. The summed E-state index contributed by atoms with van der Waals surface area (Å²) in [5.74, 6) is 0. The Kier molecular flexibility index (Phi) is 0.460. The fourth-order valence-corrected chi connectivity index (χ4v) is 0.590. The first-order valence-corrected chi connectivity index (χ1v) is 2.85. The van der Waals surface area contributed by atoms with Gasteiger partial charge in [0.15, 0.2) is 0 Å². The van der Waals surface area contributed by atoms with Crippen molar-refractivity contribution in [2.75, 3.05) is 0 Å². The van der Waals surface area contributed by atoms with E-state index in [1.807, 2.05) is 0 Å². The molecule has 0 atom stereocenters. The first-order valence-electron chi connectivity index (χ1n) is 6.56. The molecule has 0 aliphatic carbocycles. The lowest BCUT2D eigenvalue weighted by molar-refractivity contribution is 0.532. The number of rotatable bonds is 1. The Morgan fingerprint density at radius 1 is 2.11 bits per heavy atom. The monoisotopic (exact) mass is 197 g/mol.